The molecule has 1 aromatic rings. The summed E-state index contributed by atoms with van der Waals surface area (Å²) in [6.45, 7) is 22.4. The van der Waals surface area contributed by atoms with Crippen molar-refractivity contribution in [3.63, 3.8) is 0 Å². The molecule has 1 aliphatic rings. The van der Waals surface area contributed by atoms with Gasteiger partial charge in [-0.15, -0.1) is 0 Å². The fraction of sp³-hybridized carbons (Fsp3) is 0.520. The summed E-state index contributed by atoms with van der Waals surface area (Å²) in [5.41, 5.74) is 3.88. The Hall–Kier alpha value is -1.45. The van der Waals surface area contributed by atoms with Crippen LogP contribution in [0.25, 0.3) is 0 Å². The Labute approximate surface area is 177 Å². The van der Waals surface area contributed by atoms with E-state index in [2.05, 4.69) is 65.5 Å². The van der Waals surface area contributed by atoms with E-state index in [0.717, 1.165) is 25.4 Å². The van der Waals surface area contributed by atoms with Crippen molar-refractivity contribution in [2.45, 2.75) is 68.4 Å². The molecule has 2 nitrogen and oxygen atoms in total. The summed E-state index contributed by atoms with van der Waals surface area (Å²) < 4.78 is 14.6. The van der Waals surface area contributed by atoms with Crippen LogP contribution in [0.3, 0.4) is 0 Å². The van der Waals surface area contributed by atoms with E-state index in [0.29, 0.717) is 10.8 Å². The van der Waals surface area contributed by atoms with Crippen molar-refractivity contribution >= 4 is 11.0 Å². The normalized spacial score (nSPS) is 15.4. The number of allylic oxidation sites excluding steroid dienone is 4. The van der Waals surface area contributed by atoms with E-state index in [1.54, 1.807) is 0 Å². The third-order valence-electron chi connectivity index (χ3n) is 4.02. The Balaban J connectivity index is 0.00000108. The van der Waals surface area contributed by atoms with Gasteiger partial charge in [0, 0.05) is 18.0 Å². The Morgan fingerprint density at radius 2 is 1.61 bits per heavy atom. The van der Waals surface area contributed by atoms with E-state index in [1.165, 1.54) is 16.7 Å². The van der Waals surface area contributed by atoms with Crippen LogP contribution in [-0.2, 0) is 24.0 Å². The predicted molar refractivity (Wildman–Crippen MR) is 127 cm³/mol. The van der Waals surface area contributed by atoms with Crippen molar-refractivity contribution in [1.29, 1.82) is 0 Å². The first-order valence-electron chi connectivity index (χ1n) is 10.5. The maximum atomic E-state index is 12.6. The molecule has 0 spiro atoms. The van der Waals surface area contributed by atoms with E-state index >= 15 is 0 Å². The lowest BCUT2D eigenvalue weighted by molar-refractivity contribution is 0.424. The van der Waals surface area contributed by atoms with Crippen LogP contribution in [-0.4, -0.2) is 15.1 Å². The Morgan fingerprint density at radius 1 is 1.07 bits per heavy atom. The molecule has 1 heterocycles. The quantitative estimate of drug-likeness (QED) is 0.481. The van der Waals surface area contributed by atoms with Crippen LogP contribution in [0, 0.1) is 11.8 Å². The lowest BCUT2D eigenvalue weighted by Crippen LogP contribution is -2.32. The van der Waals surface area contributed by atoms with Gasteiger partial charge in [0.25, 0.3) is 0 Å². The number of hydrogen-bond acceptors (Lipinski definition) is 1. The molecule has 0 saturated carbocycles. The molecule has 28 heavy (non-hydrogen) atoms. The summed E-state index contributed by atoms with van der Waals surface area (Å²) in [5.74, 6) is 1.30. The van der Waals surface area contributed by atoms with Gasteiger partial charge in [0.1, 0.15) is 11.0 Å². The average Bonchev–Trinajstić information content (AvgIpc) is 2.68. The molecule has 158 valence electrons. The van der Waals surface area contributed by atoms with Gasteiger partial charge in [0.2, 0.25) is 0 Å². The Bertz CT molecular complexity index is 668. The van der Waals surface area contributed by atoms with Gasteiger partial charge in [0.05, 0.1) is 0 Å². The van der Waals surface area contributed by atoms with Gasteiger partial charge in [-0.2, -0.15) is 0 Å². The first kappa shape index (κ1) is 26.6. The highest BCUT2D eigenvalue weighted by Crippen LogP contribution is 2.22. The van der Waals surface area contributed by atoms with Gasteiger partial charge in [-0.3, -0.25) is 0 Å². The second kappa shape index (κ2) is 14.5. The molecule has 1 atom stereocenters. The number of benzene rings is 1. The minimum absolute atomic E-state index is 0.462. The fourth-order valence-corrected chi connectivity index (χ4v) is 3.68. The molecule has 0 aliphatic carbocycles. The standard InChI is InChI=1S/C19H25NOS.C4H10.C2H6/c1-5-17(15(2)3)11-10-16(4)22(21)20-13-12-18-8-6-7-9-19(18)14-20;1-4(2)3;1-2/h5-11,15H,4,12-14H2,1-3H3;4H,1-3H3;1-2H3/b11-10-,17-5+;;. The molecule has 0 bridgehead atoms. The number of fused-ring (bicyclic) bond motifs is 1. The molecular weight excluding hydrogens is 362 g/mol. The predicted octanol–water partition coefficient (Wildman–Crippen LogP) is 7.07. The lowest BCUT2D eigenvalue weighted by Gasteiger charge is -2.27. The maximum absolute atomic E-state index is 12.6. The molecule has 0 amide bonds. The SMILES string of the molecule is C=C(/C=C\C(=C/C)C(C)C)S(=O)N1CCc2ccccc2C1.CC.CC(C)C. The summed E-state index contributed by atoms with van der Waals surface area (Å²) in [6, 6.07) is 8.39. The van der Waals surface area contributed by atoms with Gasteiger partial charge < -0.3 is 0 Å². The second-order valence-electron chi connectivity index (χ2n) is 7.61. The van der Waals surface area contributed by atoms with E-state index in [-0.39, 0.29) is 0 Å². The van der Waals surface area contributed by atoms with Gasteiger partial charge in [-0.25, -0.2) is 8.51 Å². The van der Waals surface area contributed by atoms with Crippen LogP contribution in [0.2, 0.25) is 0 Å². The van der Waals surface area contributed by atoms with E-state index in [9.17, 15) is 4.21 Å². The molecule has 0 radical (unpaired) electrons. The van der Waals surface area contributed by atoms with Crippen molar-refractivity contribution in [2.75, 3.05) is 6.54 Å². The molecule has 1 unspecified atom stereocenters. The van der Waals surface area contributed by atoms with Crippen LogP contribution in [0.1, 0.15) is 66.5 Å². The van der Waals surface area contributed by atoms with E-state index in [4.69, 9.17) is 0 Å². The molecule has 2 rings (SSSR count). The van der Waals surface area contributed by atoms with Crippen LogP contribution in [0.15, 0.2) is 59.6 Å². The first-order valence-corrected chi connectivity index (χ1v) is 11.6. The lowest BCUT2D eigenvalue weighted by atomic mass is 10.0. The highest BCUT2D eigenvalue weighted by Gasteiger charge is 2.21. The number of hydrogen-bond donors (Lipinski definition) is 0. The molecule has 0 aromatic heterocycles. The topological polar surface area (TPSA) is 20.3 Å². The van der Waals surface area contributed by atoms with Crippen LogP contribution < -0.4 is 0 Å². The molecule has 0 saturated heterocycles. The van der Waals surface area contributed by atoms with Crippen LogP contribution >= 0.6 is 0 Å². The molecule has 1 aromatic carbocycles. The summed E-state index contributed by atoms with van der Waals surface area (Å²) >= 11 is 0. The second-order valence-corrected chi connectivity index (χ2v) is 9.15. The minimum atomic E-state index is -1.17. The van der Waals surface area contributed by atoms with Gasteiger partial charge >= 0.3 is 0 Å². The third-order valence-corrected chi connectivity index (χ3v) is 5.38. The minimum Gasteiger partial charge on any atom is -0.237 e. The molecule has 0 fully saturated rings. The van der Waals surface area contributed by atoms with Gasteiger partial charge in [-0.05, 0) is 48.0 Å². The first-order chi connectivity index (χ1) is 13.3. The number of nitrogens with zero attached hydrogens (tertiary/aromatic N) is 1. The molecule has 0 N–H and O–H groups in total. The zero-order valence-electron chi connectivity index (χ0n) is 19.3. The highest BCUT2D eigenvalue weighted by molar-refractivity contribution is 7.86. The monoisotopic (exact) mass is 403 g/mol. The third kappa shape index (κ3) is 9.66. The van der Waals surface area contributed by atoms with Crippen molar-refractivity contribution in [1.82, 2.24) is 4.31 Å². The zero-order valence-corrected chi connectivity index (χ0v) is 20.1. The zero-order chi connectivity index (χ0) is 21.7. The highest BCUT2D eigenvalue weighted by atomic mass is 32.2. The Kier molecular flexibility index (Phi) is 13.8. The Morgan fingerprint density at radius 3 is 2.11 bits per heavy atom. The van der Waals surface area contributed by atoms with Crippen molar-refractivity contribution in [3.05, 3.63) is 70.7 Å². The van der Waals surface area contributed by atoms with Gasteiger partial charge in [-0.1, -0.05) is 91.5 Å². The molecule has 3 heteroatoms. The van der Waals surface area contributed by atoms with Crippen LogP contribution in [0.4, 0.5) is 0 Å². The van der Waals surface area contributed by atoms with E-state index < -0.39 is 11.0 Å². The van der Waals surface area contributed by atoms with Crippen LogP contribution in [0.5, 0.6) is 0 Å². The smallest absolute Gasteiger partial charge is 0.127 e. The maximum Gasteiger partial charge on any atom is 0.127 e. The summed E-state index contributed by atoms with van der Waals surface area (Å²) in [4.78, 5) is 0.666. The summed E-state index contributed by atoms with van der Waals surface area (Å²) in [7, 11) is -1.17. The molecular formula is C25H41NOS. The van der Waals surface area contributed by atoms with Crippen molar-refractivity contribution in [2.24, 2.45) is 11.8 Å². The average molecular weight is 404 g/mol. The molecule has 1 aliphatic heterocycles. The van der Waals surface area contributed by atoms with E-state index in [1.807, 2.05) is 43.3 Å². The van der Waals surface area contributed by atoms with Crippen molar-refractivity contribution < 1.29 is 4.21 Å². The number of rotatable bonds is 5. The summed E-state index contributed by atoms with van der Waals surface area (Å²) in [6.07, 6.45) is 6.97. The summed E-state index contributed by atoms with van der Waals surface area (Å²) in [5, 5.41) is 0. The fourth-order valence-electron chi connectivity index (χ4n) is 2.65. The van der Waals surface area contributed by atoms with Crippen molar-refractivity contribution in [3.8, 4) is 0 Å². The van der Waals surface area contributed by atoms with Gasteiger partial charge in [0.15, 0.2) is 0 Å². The largest absolute Gasteiger partial charge is 0.237 e.